The first-order valence-electron chi connectivity index (χ1n) is 11.6. The van der Waals surface area contributed by atoms with Crippen LogP contribution in [0.1, 0.15) is 31.6 Å². The van der Waals surface area contributed by atoms with Crippen LogP contribution in [-0.4, -0.2) is 46.5 Å². The maximum atomic E-state index is 13.0. The first-order valence-corrected chi connectivity index (χ1v) is 12.4. The molecule has 2 amide bonds. The van der Waals surface area contributed by atoms with Crippen LogP contribution in [0.4, 0.5) is 11.4 Å². The van der Waals surface area contributed by atoms with Crippen LogP contribution in [-0.2, 0) is 16.1 Å². The number of anilines is 2. The quantitative estimate of drug-likeness (QED) is 0.512. The van der Waals surface area contributed by atoms with Crippen LogP contribution < -0.4 is 10.2 Å². The molecule has 2 aliphatic rings. The van der Waals surface area contributed by atoms with E-state index in [-0.39, 0.29) is 17.7 Å². The minimum Gasteiger partial charge on any atom is -0.338 e. The van der Waals surface area contributed by atoms with Gasteiger partial charge in [-0.05, 0) is 68.3 Å². The number of nitrogens with zero attached hydrogens (tertiary/aromatic N) is 4. The minimum atomic E-state index is -0.125. The number of amides is 2. The summed E-state index contributed by atoms with van der Waals surface area (Å²) in [6.45, 7) is 2.76. The van der Waals surface area contributed by atoms with Gasteiger partial charge in [0.05, 0.1) is 12.5 Å². The number of halogens is 1. The van der Waals surface area contributed by atoms with Crippen LogP contribution in [0.5, 0.6) is 0 Å². The van der Waals surface area contributed by atoms with Gasteiger partial charge in [-0.3, -0.25) is 14.5 Å². The van der Waals surface area contributed by atoms with E-state index >= 15 is 0 Å². The van der Waals surface area contributed by atoms with E-state index in [0.29, 0.717) is 31.2 Å². The summed E-state index contributed by atoms with van der Waals surface area (Å²) in [6, 6.07) is 15.3. The van der Waals surface area contributed by atoms with Gasteiger partial charge in [0.2, 0.25) is 23.5 Å². The van der Waals surface area contributed by atoms with Crippen molar-refractivity contribution in [2.75, 3.05) is 29.9 Å². The molecule has 9 heteroatoms. The molecule has 2 aromatic carbocycles. The van der Waals surface area contributed by atoms with Crippen LogP contribution in [0, 0.1) is 5.92 Å². The molecule has 1 aromatic heterocycles. The second-order valence-electron chi connectivity index (χ2n) is 8.78. The van der Waals surface area contributed by atoms with Gasteiger partial charge >= 0.3 is 0 Å². The first kappa shape index (κ1) is 22.7. The van der Waals surface area contributed by atoms with Crippen molar-refractivity contribution < 1.29 is 14.1 Å². The lowest BCUT2D eigenvalue weighted by Gasteiger charge is -2.31. The Morgan fingerprint density at radius 1 is 1.15 bits per heavy atom. The largest absolute Gasteiger partial charge is 0.338 e. The number of benzene rings is 2. The fraction of sp³-hybridized carbons (Fsp3) is 0.360. The standard InChI is InChI=1S/C25H26BrN5O3/c26-19-10-8-17(9-11-19)24-28-22(34-29-24)16-30-12-2-4-18(15-30)25(33)27-20-5-1-6-21(14-20)31-13-3-7-23(31)32/h1,5-6,8-11,14,18H,2-4,7,12-13,15-16H2,(H,27,33). The van der Waals surface area contributed by atoms with Crippen LogP contribution >= 0.6 is 15.9 Å². The van der Waals surface area contributed by atoms with Crippen molar-refractivity contribution in [1.82, 2.24) is 15.0 Å². The third-order valence-electron chi connectivity index (χ3n) is 6.30. The zero-order chi connectivity index (χ0) is 23.5. The van der Waals surface area contributed by atoms with Crippen molar-refractivity contribution in [3.63, 3.8) is 0 Å². The third kappa shape index (κ3) is 5.20. The van der Waals surface area contributed by atoms with Crippen molar-refractivity contribution in [2.45, 2.75) is 32.2 Å². The number of piperidine rings is 1. The Morgan fingerprint density at radius 3 is 2.79 bits per heavy atom. The topological polar surface area (TPSA) is 91.6 Å². The number of hydrogen-bond donors (Lipinski definition) is 1. The monoisotopic (exact) mass is 523 g/mol. The van der Waals surface area contributed by atoms with E-state index in [1.807, 2.05) is 48.5 Å². The summed E-state index contributed by atoms with van der Waals surface area (Å²) >= 11 is 3.43. The molecule has 3 heterocycles. The number of rotatable bonds is 6. The average Bonchev–Trinajstić information content (AvgIpc) is 3.49. The van der Waals surface area contributed by atoms with Crippen LogP contribution in [0.25, 0.3) is 11.4 Å². The van der Waals surface area contributed by atoms with Gasteiger partial charge in [0.1, 0.15) is 0 Å². The van der Waals surface area contributed by atoms with Crippen LogP contribution in [0.15, 0.2) is 57.5 Å². The van der Waals surface area contributed by atoms with Gasteiger partial charge in [-0.1, -0.05) is 27.2 Å². The third-order valence-corrected chi connectivity index (χ3v) is 6.83. The van der Waals surface area contributed by atoms with Gasteiger partial charge in [0, 0.05) is 40.9 Å². The first-order chi connectivity index (χ1) is 16.5. The second kappa shape index (κ2) is 10.1. The zero-order valence-electron chi connectivity index (χ0n) is 18.7. The molecule has 2 fully saturated rings. The van der Waals surface area contributed by atoms with Crippen molar-refractivity contribution in [3.05, 3.63) is 58.9 Å². The Morgan fingerprint density at radius 2 is 2.00 bits per heavy atom. The molecule has 0 aliphatic carbocycles. The molecule has 5 rings (SSSR count). The Labute approximate surface area is 206 Å². The summed E-state index contributed by atoms with van der Waals surface area (Å²) in [5, 5.41) is 7.15. The highest BCUT2D eigenvalue weighted by atomic mass is 79.9. The SMILES string of the molecule is O=C(Nc1cccc(N2CCCC2=O)c1)C1CCCN(Cc2nc(-c3ccc(Br)cc3)no2)C1. The molecule has 0 saturated carbocycles. The van der Waals surface area contributed by atoms with Crippen molar-refractivity contribution in [3.8, 4) is 11.4 Å². The van der Waals surface area contributed by atoms with E-state index in [0.717, 1.165) is 53.8 Å². The summed E-state index contributed by atoms with van der Waals surface area (Å²) in [7, 11) is 0. The maximum Gasteiger partial charge on any atom is 0.241 e. The lowest BCUT2D eigenvalue weighted by molar-refractivity contribution is -0.121. The second-order valence-corrected chi connectivity index (χ2v) is 9.70. The van der Waals surface area contributed by atoms with Crippen molar-refractivity contribution in [1.29, 1.82) is 0 Å². The Balaban J connectivity index is 1.19. The number of aromatic nitrogens is 2. The van der Waals surface area contributed by atoms with Crippen molar-refractivity contribution >= 4 is 39.1 Å². The maximum absolute atomic E-state index is 13.0. The van der Waals surface area contributed by atoms with Gasteiger partial charge in [0.15, 0.2) is 0 Å². The fourth-order valence-corrected chi connectivity index (χ4v) is 4.82. The minimum absolute atomic E-state index is 0.00400. The summed E-state index contributed by atoms with van der Waals surface area (Å²) in [4.78, 5) is 33.6. The highest BCUT2D eigenvalue weighted by Crippen LogP contribution is 2.26. The number of carbonyl (C=O) groups is 2. The molecule has 176 valence electrons. The molecule has 0 bridgehead atoms. The molecule has 8 nitrogen and oxygen atoms in total. The van der Waals surface area contributed by atoms with Gasteiger partial charge in [-0.2, -0.15) is 4.98 Å². The van der Waals surface area contributed by atoms with E-state index in [1.54, 1.807) is 4.90 Å². The Kier molecular flexibility index (Phi) is 6.73. The molecule has 34 heavy (non-hydrogen) atoms. The summed E-state index contributed by atoms with van der Waals surface area (Å²) in [5.41, 5.74) is 2.45. The predicted octanol–water partition coefficient (Wildman–Crippen LogP) is 4.48. The zero-order valence-corrected chi connectivity index (χ0v) is 20.3. The van der Waals surface area contributed by atoms with E-state index in [1.165, 1.54) is 0 Å². The van der Waals surface area contributed by atoms with E-state index < -0.39 is 0 Å². The lowest BCUT2D eigenvalue weighted by Crippen LogP contribution is -2.40. The highest BCUT2D eigenvalue weighted by Gasteiger charge is 2.27. The van der Waals surface area contributed by atoms with E-state index in [9.17, 15) is 9.59 Å². The van der Waals surface area contributed by atoms with Gasteiger partial charge < -0.3 is 14.7 Å². The highest BCUT2D eigenvalue weighted by molar-refractivity contribution is 9.10. The Bertz CT molecular complexity index is 1180. The lowest BCUT2D eigenvalue weighted by atomic mass is 9.97. The molecule has 2 aliphatic heterocycles. The van der Waals surface area contributed by atoms with E-state index in [4.69, 9.17) is 4.52 Å². The number of carbonyl (C=O) groups excluding carboxylic acids is 2. The average molecular weight is 524 g/mol. The molecule has 1 N–H and O–H groups in total. The molecule has 1 unspecified atom stereocenters. The Hall–Kier alpha value is -3.04. The summed E-state index contributed by atoms with van der Waals surface area (Å²) in [6.07, 6.45) is 3.21. The van der Waals surface area contributed by atoms with Crippen LogP contribution in [0.3, 0.4) is 0 Å². The summed E-state index contributed by atoms with van der Waals surface area (Å²) < 4.78 is 6.46. The molecule has 2 saturated heterocycles. The van der Waals surface area contributed by atoms with Gasteiger partial charge in [0.25, 0.3) is 0 Å². The normalized spacial score (nSPS) is 18.9. The molecular formula is C25H26BrN5O3. The van der Waals surface area contributed by atoms with Crippen molar-refractivity contribution in [2.24, 2.45) is 5.92 Å². The molecule has 1 atom stereocenters. The smallest absolute Gasteiger partial charge is 0.241 e. The molecule has 3 aromatic rings. The number of nitrogens with one attached hydrogen (secondary N) is 1. The fourth-order valence-electron chi connectivity index (χ4n) is 4.56. The van der Waals surface area contributed by atoms with E-state index in [2.05, 4.69) is 36.3 Å². The predicted molar refractivity (Wildman–Crippen MR) is 132 cm³/mol. The molecular weight excluding hydrogens is 498 g/mol. The van der Waals surface area contributed by atoms with Gasteiger partial charge in [-0.15, -0.1) is 0 Å². The van der Waals surface area contributed by atoms with Gasteiger partial charge in [-0.25, -0.2) is 0 Å². The van der Waals surface area contributed by atoms with Crippen LogP contribution in [0.2, 0.25) is 0 Å². The molecule has 0 spiro atoms. The summed E-state index contributed by atoms with van der Waals surface area (Å²) in [5.74, 6) is 1.11. The number of hydrogen-bond acceptors (Lipinski definition) is 6. The molecule has 0 radical (unpaired) electrons. The number of likely N-dealkylation sites (tertiary alicyclic amines) is 1.